The summed E-state index contributed by atoms with van der Waals surface area (Å²) >= 11 is 0. The van der Waals surface area contributed by atoms with E-state index in [2.05, 4.69) is 0 Å². The molecule has 0 aliphatic heterocycles. The Balaban J connectivity index is 2.03. The van der Waals surface area contributed by atoms with Gasteiger partial charge in [0.05, 0.1) is 33.6 Å². The summed E-state index contributed by atoms with van der Waals surface area (Å²) < 4.78 is 16.4. The lowest BCUT2D eigenvalue weighted by atomic mass is 9.96. The van der Waals surface area contributed by atoms with Gasteiger partial charge in [0.15, 0.2) is 11.5 Å². The molecule has 0 atom stereocenters. The number of carbonyl (C=O) groups excluding carboxylic acids is 2. The van der Waals surface area contributed by atoms with Crippen LogP contribution in [0.1, 0.15) is 31.8 Å². The van der Waals surface area contributed by atoms with E-state index in [9.17, 15) is 9.59 Å². The second-order valence-corrected chi connectivity index (χ2v) is 8.20. The van der Waals surface area contributed by atoms with Crippen LogP contribution >= 0.6 is 0 Å². The highest BCUT2D eigenvalue weighted by atomic mass is 16.5. The van der Waals surface area contributed by atoms with Gasteiger partial charge in [0.1, 0.15) is 0 Å². The van der Waals surface area contributed by atoms with Crippen LogP contribution in [-0.4, -0.2) is 58.8 Å². The molecule has 0 spiro atoms. The number of ether oxygens (including phenoxy) is 3. The molecular weight excluding hydrogens is 446 g/mol. The Morgan fingerprint density at radius 1 is 0.857 bits per heavy atom. The number of hydrogen-bond acceptors (Lipinski definition) is 6. The van der Waals surface area contributed by atoms with Crippen molar-refractivity contribution in [1.82, 2.24) is 4.90 Å². The fraction of sp³-hybridized carbons (Fsp3) is 0.259. The average Bonchev–Trinajstić information content (AvgIpc) is 2.86. The Kier molecular flexibility index (Phi) is 8.33. The van der Waals surface area contributed by atoms with Crippen molar-refractivity contribution in [2.45, 2.75) is 6.42 Å². The van der Waals surface area contributed by atoms with Gasteiger partial charge in [-0.3, -0.25) is 19.4 Å². The molecule has 8 nitrogen and oxygen atoms in total. The number of benzene rings is 3. The molecule has 0 heterocycles. The number of rotatable bonds is 10. The Hall–Kier alpha value is -4.04. The maximum absolute atomic E-state index is 13.5. The van der Waals surface area contributed by atoms with E-state index in [0.29, 0.717) is 41.5 Å². The third-order valence-corrected chi connectivity index (χ3v) is 5.49. The molecule has 0 aliphatic carbocycles. The molecule has 3 rings (SSSR count). The molecule has 0 saturated carbocycles. The third kappa shape index (κ3) is 5.73. The summed E-state index contributed by atoms with van der Waals surface area (Å²) in [4.78, 5) is 29.5. The SMILES string of the molecule is COc1cc(C(N)=O)c(Cc2cccc(C(=O)N(CN(C)C)c3ccccc3)c2)c(OC)c1OC. The number of anilines is 1. The van der Waals surface area contributed by atoms with E-state index in [1.165, 1.54) is 21.3 Å². The van der Waals surface area contributed by atoms with Crippen molar-refractivity contribution in [3.05, 3.63) is 82.9 Å². The van der Waals surface area contributed by atoms with Gasteiger partial charge in [-0.05, 0) is 50.0 Å². The van der Waals surface area contributed by atoms with Crippen molar-refractivity contribution in [1.29, 1.82) is 0 Å². The summed E-state index contributed by atoms with van der Waals surface area (Å²) in [6.07, 6.45) is 0.294. The van der Waals surface area contributed by atoms with Crippen LogP contribution in [0, 0.1) is 0 Å². The van der Waals surface area contributed by atoms with Crippen molar-refractivity contribution in [3.8, 4) is 17.2 Å². The second kappa shape index (κ2) is 11.4. The van der Waals surface area contributed by atoms with Gasteiger partial charge < -0.3 is 19.9 Å². The predicted octanol–water partition coefficient (Wildman–Crippen LogP) is 3.57. The molecule has 3 aromatic rings. The molecule has 0 bridgehead atoms. The van der Waals surface area contributed by atoms with Gasteiger partial charge in [0, 0.05) is 23.2 Å². The molecular formula is C27H31N3O5. The molecule has 3 aromatic carbocycles. The van der Waals surface area contributed by atoms with E-state index in [-0.39, 0.29) is 11.5 Å². The number of nitrogens with two attached hydrogens (primary N) is 1. The first-order valence-corrected chi connectivity index (χ1v) is 11.0. The summed E-state index contributed by atoms with van der Waals surface area (Å²) in [5.41, 5.74) is 8.62. The number of amides is 2. The van der Waals surface area contributed by atoms with Gasteiger partial charge in [-0.25, -0.2) is 0 Å². The van der Waals surface area contributed by atoms with Crippen molar-refractivity contribution in [3.63, 3.8) is 0 Å². The molecule has 8 heteroatoms. The molecule has 2 N–H and O–H groups in total. The minimum Gasteiger partial charge on any atom is -0.493 e. The van der Waals surface area contributed by atoms with Crippen LogP contribution in [0.3, 0.4) is 0 Å². The highest BCUT2D eigenvalue weighted by Crippen LogP contribution is 2.42. The summed E-state index contributed by atoms with van der Waals surface area (Å²) in [7, 11) is 8.28. The molecule has 0 saturated heterocycles. The molecule has 0 fully saturated rings. The third-order valence-electron chi connectivity index (χ3n) is 5.49. The van der Waals surface area contributed by atoms with Crippen molar-refractivity contribution in [2.75, 3.05) is 47.0 Å². The number of para-hydroxylation sites is 1. The van der Waals surface area contributed by atoms with E-state index in [4.69, 9.17) is 19.9 Å². The maximum atomic E-state index is 13.5. The van der Waals surface area contributed by atoms with E-state index >= 15 is 0 Å². The quantitative estimate of drug-likeness (QED) is 0.449. The van der Waals surface area contributed by atoms with E-state index in [1.54, 1.807) is 17.0 Å². The fourth-order valence-electron chi connectivity index (χ4n) is 3.94. The molecule has 0 aromatic heterocycles. The Morgan fingerprint density at radius 3 is 2.11 bits per heavy atom. The molecule has 0 radical (unpaired) electrons. The zero-order valence-corrected chi connectivity index (χ0v) is 20.7. The number of hydrogen-bond donors (Lipinski definition) is 1. The van der Waals surface area contributed by atoms with E-state index in [1.807, 2.05) is 67.5 Å². The Labute approximate surface area is 205 Å². The Bertz CT molecular complexity index is 1190. The lowest BCUT2D eigenvalue weighted by Crippen LogP contribution is -2.38. The molecule has 184 valence electrons. The standard InChI is InChI=1S/C27H31N3O5/c1-29(2)17-30(20-12-7-6-8-13-20)27(32)19-11-9-10-18(14-19)15-21-22(26(28)31)16-23(33-3)25(35-5)24(21)34-4/h6-14,16H,15,17H2,1-5H3,(H2,28,31). The number of methoxy groups -OCH3 is 3. The Morgan fingerprint density at radius 2 is 1.54 bits per heavy atom. The zero-order chi connectivity index (χ0) is 25.5. The molecule has 2 amide bonds. The van der Waals surface area contributed by atoms with Gasteiger partial charge >= 0.3 is 0 Å². The van der Waals surface area contributed by atoms with Crippen LogP contribution in [0.2, 0.25) is 0 Å². The van der Waals surface area contributed by atoms with Gasteiger partial charge in [0.25, 0.3) is 5.91 Å². The highest BCUT2D eigenvalue weighted by molar-refractivity contribution is 6.06. The molecule has 0 unspecified atom stereocenters. The summed E-state index contributed by atoms with van der Waals surface area (Å²) in [6.45, 7) is 0.419. The van der Waals surface area contributed by atoms with E-state index < -0.39 is 5.91 Å². The molecule has 0 aliphatic rings. The van der Waals surface area contributed by atoms with Crippen LogP contribution < -0.4 is 24.8 Å². The first-order chi connectivity index (χ1) is 16.8. The lowest BCUT2D eigenvalue weighted by Gasteiger charge is -2.26. The minimum atomic E-state index is -0.618. The summed E-state index contributed by atoms with van der Waals surface area (Å²) in [6, 6.07) is 18.4. The van der Waals surface area contributed by atoms with Crippen LogP contribution in [0.5, 0.6) is 17.2 Å². The van der Waals surface area contributed by atoms with Gasteiger partial charge in [-0.1, -0.05) is 30.3 Å². The normalized spacial score (nSPS) is 10.7. The van der Waals surface area contributed by atoms with Crippen molar-refractivity contribution in [2.24, 2.45) is 5.73 Å². The maximum Gasteiger partial charge on any atom is 0.259 e. The van der Waals surface area contributed by atoms with Crippen LogP contribution in [-0.2, 0) is 6.42 Å². The predicted molar refractivity (Wildman–Crippen MR) is 136 cm³/mol. The zero-order valence-electron chi connectivity index (χ0n) is 20.7. The highest BCUT2D eigenvalue weighted by Gasteiger charge is 2.24. The number of primary amides is 1. The van der Waals surface area contributed by atoms with Gasteiger partial charge in [0.2, 0.25) is 11.7 Å². The van der Waals surface area contributed by atoms with Crippen LogP contribution in [0.15, 0.2) is 60.7 Å². The lowest BCUT2D eigenvalue weighted by molar-refractivity contribution is 0.0972. The van der Waals surface area contributed by atoms with Crippen LogP contribution in [0.4, 0.5) is 5.69 Å². The summed E-state index contributed by atoms with van der Waals surface area (Å²) in [5.74, 6) is 0.307. The smallest absolute Gasteiger partial charge is 0.259 e. The summed E-state index contributed by atoms with van der Waals surface area (Å²) in [5, 5.41) is 0. The van der Waals surface area contributed by atoms with Crippen molar-refractivity contribution < 1.29 is 23.8 Å². The topological polar surface area (TPSA) is 94.3 Å². The molecule has 35 heavy (non-hydrogen) atoms. The monoisotopic (exact) mass is 477 g/mol. The first kappa shape index (κ1) is 25.6. The number of carbonyl (C=O) groups is 2. The van der Waals surface area contributed by atoms with Gasteiger partial charge in [-0.15, -0.1) is 0 Å². The van der Waals surface area contributed by atoms with E-state index in [0.717, 1.165) is 11.3 Å². The fourth-order valence-corrected chi connectivity index (χ4v) is 3.94. The minimum absolute atomic E-state index is 0.138. The van der Waals surface area contributed by atoms with Crippen molar-refractivity contribution >= 4 is 17.5 Å². The average molecular weight is 478 g/mol. The van der Waals surface area contributed by atoms with Crippen LogP contribution in [0.25, 0.3) is 0 Å². The first-order valence-electron chi connectivity index (χ1n) is 11.0. The second-order valence-electron chi connectivity index (χ2n) is 8.20. The largest absolute Gasteiger partial charge is 0.493 e. The van der Waals surface area contributed by atoms with Gasteiger partial charge in [-0.2, -0.15) is 0 Å². The number of nitrogens with zero attached hydrogens (tertiary/aromatic N) is 2.